The highest BCUT2D eigenvalue weighted by Crippen LogP contribution is 2.20. The fraction of sp³-hybridized carbons (Fsp3) is 0.467. The first-order valence-electron chi connectivity index (χ1n) is 6.97. The van der Waals surface area contributed by atoms with Gasteiger partial charge in [-0.3, -0.25) is 0 Å². The minimum atomic E-state index is -0.212. The van der Waals surface area contributed by atoms with E-state index in [4.69, 9.17) is 4.52 Å². The monoisotopic (exact) mass is 277 g/mol. The number of hydrogen-bond donors (Lipinski definition) is 1. The van der Waals surface area contributed by atoms with E-state index in [0.717, 1.165) is 24.8 Å². The molecule has 0 amide bonds. The zero-order valence-electron chi connectivity index (χ0n) is 11.9. The lowest BCUT2D eigenvalue weighted by atomic mass is 10.0. The molecule has 0 aliphatic heterocycles. The molecule has 1 aromatic heterocycles. The smallest absolute Gasteiger partial charge is 0.240 e. The second-order valence-corrected chi connectivity index (χ2v) is 4.86. The van der Waals surface area contributed by atoms with E-state index >= 15 is 0 Å². The van der Waals surface area contributed by atoms with Gasteiger partial charge in [-0.2, -0.15) is 4.98 Å². The van der Waals surface area contributed by atoms with Crippen LogP contribution in [0.2, 0.25) is 0 Å². The molecule has 1 unspecified atom stereocenters. The van der Waals surface area contributed by atoms with Crippen molar-refractivity contribution in [3.05, 3.63) is 47.4 Å². The fourth-order valence-electron chi connectivity index (χ4n) is 2.11. The predicted octanol–water partition coefficient (Wildman–Crippen LogP) is 3.54. The Bertz CT molecular complexity index is 524. The number of benzene rings is 1. The molecule has 0 saturated carbocycles. The quantitative estimate of drug-likeness (QED) is 0.841. The average molecular weight is 277 g/mol. The van der Waals surface area contributed by atoms with Crippen LogP contribution in [0.3, 0.4) is 0 Å². The van der Waals surface area contributed by atoms with Gasteiger partial charge in [0.25, 0.3) is 0 Å². The molecule has 2 aromatic rings. The number of aryl methyl sites for hydroxylation is 1. The van der Waals surface area contributed by atoms with Crippen molar-refractivity contribution in [2.75, 3.05) is 0 Å². The molecule has 0 spiro atoms. The van der Waals surface area contributed by atoms with Crippen LogP contribution in [-0.4, -0.2) is 10.1 Å². The van der Waals surface area contributed by atoms with Gasteiger partial charge in [-0.1, -0.05) is 37.1 Å². The maximum Gasteiger partial charge on any atom is 0.240 e. The first kappa shape index (κ1) is 14.7. The number of halogens is 1. The summed E-state index contributed by atoms with van der Waals surface area (Å²) in [4.78, 5) is 4.17. The Morgan fingerprint density at radius 3 is 2.65 bits per heavy atom. The molecule has 0 radical (unpaired) electrons. The third-order valence-electron chi connectivity index (χ3n) is 3.19. The molecule has 1 N–H and O–H groups in total. The van der Waals surface area contributed by atoms with E-state index in [1.165, 1.54) is 12.1 Å². The summed E-state index contributed by atoms with van der Waals surface area (Å²) < 4.78 is 18.1. The highest BCUT2D eigenvalue weighted by Gasteiger charge is 2.12. The van der Waals surface area contributed by atoms with Gasteiger partial charge in [0, 0.05) is 6.04 Å². The van der Waals surface area contributed by atoms with Crippen LogP contribution >= 0.6 is 0 Å². The van der Waals surface area contributed by atoms with E-state index in [-0.39, 0.29) is 11.9 Å². The van der Waals surface area contributed by atoms with Crippen LogP contribution in [0.4, 0.5) is 4.39 Å². The standard InChI is InChI=1S/C15H20FN3O/c1-3-4-5-14(12-6-8-13(16)9-7-12)17-10-15-18-11(2)19-20-15/h6-9,14,17H,3-5,10H2,1-2H3. The lowest BCUT2D eigenvalue weighted by Crippen LogP contribution is -2.21. The minimum Gasteiger partial charge on any atom is -0.338 e. The summed E-state index contributed by atoms with van der Waals surface area (Å²) in [5.74, 6) is 0.996. The maximum atomic E-state index is 13.0. The average Bonchev–Trinajstić information content (AvgIpc) is 2.86. The second-order valence-electron chi connectivity index (χ2n) is 4.86. The third kappa shape index (κ3) is 4.13. The molecule has 108 valence electrons. The van der Waals surface area contributed by atoms with E-state index in [0.29, 0.717) is 18.3 Å². The van der Waals surface area contributed by atoms with E-state index in [9.17, 15) is 4.39 Å². The van der Waals surface area contributed by atoms with Gasteiger partial charge >= 0.3 is 0 Å². The lowest BCUT2D eigenvalue weighted by Gasteiger charge is -2.18. The molecule has 1 atom stereocenters. The molecule has 0 aliphatic rings. The van der Waals surface area contributed by atoms with Crippen molar-refractivity contribution in [3.63, 3.8) is 0 Å². The van der Waals surface area contributed by atoms with Crippen molar-refractivity contribution in [1.29, 1.82) is 0 Å². The molecule has 1 heterocycles. The number of rotatable bonds is 7. The van der Waals surface area contributed by atoms with Crippen molar-refractivity contribution in [2.45, 2.75) is 45.7 Å². The van der Waals surface area contributed by atoms with Gasteiger partial charge in [-0.15, -0.1) is 0 Å². The Labute approximate surface area is 118 Å². The highest BCUT2D eigenvalue weighted by atomic mass is 19.1. The molecule has 0 saturated heterocycles. The molecule has 1 aromatic carbocycles. The van der Waals surface area contributed by atoms with Gasteiger partial charge in [0.1, 0.15) is 5.82 Å². The van der Waals surface area contributed by atoms with Crippen LogP contribution in [0.5, 0.6) is 0 Å². The summed E-state index contributed by atoms with van der Waals surface area (Å²) in [6.07, 6.45) is 3.23. The van der Waals surface area contributed by atoms with Crippen LogP contribution in [0, 0.1) is 12.7 Å². The minimum absolute atomic E-state index is 0.169. The molecule has 4 nitrogen and oxygen atoms in total. The van der Waals surface area contributed by atoms with Crippen molar-refractivity contribution >= 4 is 0 Å². The zero-order valence-corrected chi connectivity index (χ0v) is 11.9. The Kier molecular flexibility index (Phi) is 5.24. The van der Waals surface area contributed by atoms with Gasteiger partial charge in [0.05, 0.1) is 6.54 Å². The first-order chi connectivity index (χ1) is 9.69. The van der Waals surface area contributed by atoms with E-state index < -0.39 is 0 Å². The summed E-state index contributed by atoms with van der Waals surface area (Å²) in [5.41, 5.74) is 1.08. The molecular formula is C15H20FN3O. The normalized spacial score (nSPS) is 12.6. The number of unbranched alkanes of at least 4 members (excludes halogenated alkanes) is 1. The molecule has 0 bridgehead atoms. The second kappa shape index (κ2) is 7.14. The van der Waals surface area contributed by atoms with Gasteiger partial charge in [-0.25, -0.2) is 4.39 Å². The zero-order chi connectivity index (χ0) is 14.4. The molecular weight excluding hydrogens is 257 g/mol. The summed E-state index contributed by atoms with van der Waals surface area (Å²) in [5, 5.41) is 7.17. The maximum absolute atomic E-state index is 13.0. The molecule has 2 rings (SSSR count). The topological polar surface area (TPSA) is 51.0 Å². The number of hydrogen-bond acceptors (Lipinski definition) is 4. The third-order valence-corrected chi connectivity index (χ3v) is 3.19. The largest absolute Gasteiger partial charge is 0.338 e. The van der Waals surface area contributed by atoms with Crippen LogP contribution in [0.15, 0.2) is 28.8 Å². The van der Waals surface area contributed by atoms with E-state index in [1.807, 2.05) is 12.1 Å². The highest BCUT2D eigenvalue weighted by molar-refractivity contribution is 5.19. The van der Waals surface area contributed by atoms with Crippen LogP contribution in [0.25, 0.3) is 0 Å². The van der Waals surface area contributed by atoms with E-state index in [2.05, 4.69) is 22.4 Å². The van der Waals surface area contributed by atoms with Crippen molar-refractivity contribution in [1.82, 2.24) is 15.5 Å². The van der Waals surface area contributed by atoms with Gasteiger partial charge in [0.15, 0.2) is 5.82 Å². The van der Waals surface area contributed by atoms with Gasteiger partial charge in [0.2, 0.25) is 5.89 Å². The number of nitrogens with one attached hydrogen (secondary N) is 1. The van der Waals surface area contributed by atoms with E-state index in [1.54, 1.807) is 6.92 Å². The summed E-state index contributed by atoms with van der Waals surface area (Å²) in [7, 11) is 0. The number of aromatic nitrogens is 2. The Morgan fingerprint density at radius 1 is 1.30 bits per heavy atom. The lowest BCUT2D eigenvalue weighted by molar-refractivity contribution is 0.350. The van der Waals surface area contributed by atoms with Gasteiger partial charge in [-0.05, 0) is 31.0 Å². The van der Waals surface area contributed by atoms with Gasteiger partial charge < -0.3 is 9.84 Å². The van der Waals surface area contributed by atoms with Crippen molar-refractivity contribution in [2.24, 2.45) is 0 Å². The fourth-order valence-corrected chi connectivity index (χ4v) is 2.11. The van der Waals surface area contributed by atoms with Crippen molar-refractivity contribution in [3.8, 4) is 0 Å². The molecule has 20 heavy (non-hydrogen) atoms. The van der Waals surface area contributed by atoms with Crippen molar-refractivity contribution < 1.29 is 8.91 Å². The Hall–Kier alpha value is -1.75. The van der Waals surface area contributed by atoms with Crippen LogP contribution in [0.1, 0.15) is 49.5 Å². The van der Waals surface area contributed by atoms with Crippen LogP contribution in [-0.2, 0) is 6.54 Å². The summed E-state index contributed by atoms with van der Waals surface area (Å²) >= 11 is 0. The summed E-state index contributed by atoms with van der Waals surface area (Å²) in [6, 6.07) is 6.80. The first-order valence-corrected chi connectivity index (χ1v) is 6.97. The van der Waals surface area contributed by atoms with Crippen LogP contribution < -0.4 is 5.32 Å². The molecule has 0 aliphatic carbocycles. The predicted molar refractivity (Wildman–Crippen MR) is 74.5 cm³/mol. The summed E-state index contributed by atoms with van der Waals surface area (Å²) in [6.45, 7) is 4.47. The molecule has 5 heteroatoms. The number of nitrogens with zero attached hydrogens (tertiary/aromatic N) is 2. The Balaban J connectivity index is 2.01. The molecule has 0 fully saturated rings. The Morgan fingerprint density at radius 2 is 2.05 bits per heavy atom. The SMILES string of the molecule is CCCCC(NCc1nc(C)no1)c1ccc(F)cc1.